The highest BCUT2D eigenvalue weighted by Gasteiger charge is 2.11. The van der Waals surface area contributed by atoms with Crippen LogP contribution in [0.25, 0.3) is 0 Å². The number of hydrogen-bond donors (Lipinski definition) is 1. The maximum absolute atomic E-state index is 11.4. The zero-order valence-corrected chi connectivity index (χ0v) is 10.1. The Morgan fingerprint density at radius 2 is 1.94 bits per heavy atom. The molecule has 0 atom stereocenters. The summed E-state index contributed by atoms with van der Waals surface area (Å²) in [6.45, 7) is 1.35. The van der Waals surface area contributed by atoms with Crippen molar-refractivity contribution < 1.29 is 17.9 Å². The number of rotatable bonds is 3. The molecule has 0 saturated heterocycles. The van der Waals surface area contributed by atoms with Gasteiger partial charge in [-0.2, -0.15) is 0 Å². The topological polar surface area (TPSA) is 72.5 Å². The zero-order chi connectivity index (χ0) is 12.3. The van der Waals surface area contributed by atoms with E-state index in [-0.39, 0.29) is 10.8 Å². The number of hydrogen-bond acceptors (Lipinski definition) is 4. The van der Waals surface area contributed by atoms with Crippen LogP contribution in [-0.2, 0) is 14.6 Å². The zero-order valence-electron chi connectivity index (χ0n) is 9.27. The molecule has 6 heteroatoms. The Morgan fingerprint density at radius 3 is 2.38 bits per heavy atom. The molecule has 1 aromatic rings. The average Bonchev–Trinajstić information content (AvgIpc) is 2.14. The smallest absolute Gasteiger partial charge is 0.221 e. The Labute approximate surface area is 94.3 Å². The first-order valence-corrected chi connectivity index (χ1v) is 6.39. The molecule has 1 aromatic carbocycles. The lowest BCUT2D eigenvalue weighted by Crippen LogP contribution is -2.07. The van der Waals surface area contributed by atoms with Gasteiger partial charge in [-0.1, -0.05) is 0 Å². The monoisotopic (exact) mass is 243 g/mol. The molecule has 0 heterocycles. The molecule has 1 N–H and O–H groups in total. The summed E-state index contributed by atoms with van der Waals surface area (Å²) in [4.78, 5) is 11.0. The quantitative estimate of drug-likeness (QED) is 0.861. The summed E-state index contributed by atoms with van der Waals surface area (Å²) in [6, 6.07) is 4.34. The highest BCUT2D eigenvalue weighted by atomic mass is 32.2. The molecule has 1 amide bonds. The maximum atomic E-state index is 11.4. The fourth-order valence-electron chi connectivity index (χ4n) is 1.18. The molecule has 0 aliphatic rings. The van der Waals surface area contributed by atoms with Crippen molar-refractivity contribution in [1.82, 2.24) is 0 Å². The summed E-state index contributed by atoms with van der Waals surface area (Å²) in [6.07, 6.45) is 1.10. The Morgan fingerprint density at radius 1 is 1.31 bits per heavy atom. The fraction of sp³-hybridized carbons (Fsp3) is 0.300. The van der Waals surface area contributed by atoms with Crippen LogP contribution < -0.4 is 10.1 Å². The van der Waals surface area contributed by atoms with E-state index in [4.69, 9.17) is 4.74 Å². The van der Waals surface area contributed by atoms with Crippen molar-refractivity contribution in [3.63, 3.8) is 0 Å². The van der Waals surface area contributed by atoms with E-state index in [9.17, 15) is 13.2 Å². The fourth-order valence-corrected chi connectivity index (χ4v) is 1.85. The lowest BCUT2D eigenvalue weighted by molar-refractivity contribution is -0.114. The first-order chi connectivity index (χ1) is 7.32. The van der Waals surface area contributed by atoms with Gasteiger partial charge in [0.2, 0.25) is 5.91 Å². The molecule has 5 nitrogen and oxygen atoms in total. The van der Waals surface area contributed by atoms with Crippen LogP contribution in [0.3, 0.4) is 0 Å². The SMILES string of the molecule is COc1cc(NC(C)=O)cc(S(C)(=O)=O)c1. The number of methoxy groups -OCH3 is 1. The van der Waals surface area contributed by atoms with E-state index in [1.807, 2.05) is 0 Å². The predicted octanol–water partition coefficient (Wildman–Crippen LogP) is 1.06. The van der Waals surface area contributed by atoms with Crippen molar-refractivity contribution >= 4 is 21.4 Å². The van der Waals surface area contributed by atoms with Gasteiger partial charge in [-0.25, -0.2) is 8.42 Å². The van der Waals surface area contributed by atoms with Gasteiger partial charge in [0.05, 0.1) is 12.0 Å². The average molecular weight is 243 g/mol. The number of nitrogens with one attached hydrogen (secondary N) is 1. The number of ether oxygens (including phenoxy) is 1. The van der Waals surface area contributed by atoms with Gasteiger partial charge in [0, 0.05) is 24.9 Å². The summed E-state index contributed by atoms with van der Waals surface area (Å²) in [5.41, 5.74) is 0.396. The van der Waals surface area contributed by atoms with Gasteiger partial charge in [0.15, 0.2) is 9.84 Å². The van der Waals surface area contributed by atoms with Crippen molar-refractivity contribution in [2.75, 3.05) is 18.7 Å². The van der Waals surface area contributed by atoms with Crippen LogP contribution in [0.2, 0.25) is 0 Å². The molecular formula is C10H13NO4S. The highest BCUT2D eigenvalue weighted by molar-refractivity contribution is 7.90. The van der Waals surface area contributed by atoms with Crippen LogP contribution >= 0.6 is 0 Å². The van der Waals surface area contributed by atoms with E-state index in [0.717, 1.165) is 6.26 Å². The van der Waals surface area contributed by atoms with Crippen LogP contribution in [0.1, 0.15) is 6.92 Å². The van der Waals surface area contributed by atoms with Crippen molar-refractivity contribution in [3.05, 3.63) is 18.2 Å². The molecule has 0 aromatic heterocycles. The van der Waals surface area contributed by atoms with E-state index in [2.05, 4.69) is 5.32 Å². The number of sulfone groups is 1. The molecule has 0 aliphatic carbocycles. The van der Waals surface area contributed by atoms with E-state index in [1.165, 1.54) is 26.2 Å². The molecule has 0 fully saturated rings. The predicted molar refractivity (Wildman–Crippen MR) is 60.4 cm³/mol. The third-order valence-corrected chi connectivity index (χ3v) is 2.96. The van der Waals surface area contributed by atoms with Crippen LogP contribution in [0.5, 0.6) is 5.75 Å². The van der Waals surface area contributed by atoms with Gasteiger partial charge in [-0.15, -0.1) is 0 Å². The highest BCUT2D eigenvalue weighted by Crippen LogP contribution is 2.23. The van der Waals surface area contributed by atoms with Gasteiger partial charge < -0.3 is 10.1 Å². The molecule has 0 bridgehead atoms. The molecule has 1 rings (SSSR count). The largest absolute Gasteiger partial charge is 0.497 e. The van der Waals surface area contributed by atoms with Crippen molar-refractivity contribution in [2.24, 2.45) is 0 Å². The minimum Gasteiger partial charge on any atom is -0.497 e. The Hall–Kier alpha value is -1.56. The van der Waals surface area contributed by atoms with E-state index >= 15 is 0 Å². The molecule has 0 spiro atoms. The summed E-state index contributed by atoms with van der Waals surface area (Å²) in [5.74, 6) is 0.111. The molecule has 16 heavy (non-hydrogen) atoms. The summed E-state index contributed by atoms with van der Waals surface area (Å²) >= 11 is 0. The third kappa shape index (κ3) is 3.23. The van der Waals surface area contributed by atoms with E-state index in [1.54, 1.807) is 6.07 Å². The summed E-state index contributed by atoms with van der Waals surface area (Å²) < 4.78 is 27.7. The third-order valence-electron chi connectivity index (χ3n) is 1.86. The summed E-state index contributed by atoms with van der Waals surface area (Å²) in [5, 5.41) is 2.51. The number of amides is 1. The normalized spacial score (nSPS) is 10.9. The number of benzene rings is 1. The Balaban J connectivity index is 3.26. The molecular weight excluding hydrogens is 230 g/mol. The first-order valence-electron chi connectivity index (χ1n) is 4.49. The summed E-state index contributed by atoms with van der Waals surface area (Å²) in [7, 11) is -1.90. The van der Waals surface area contributed by atoms with Crippen LogP contribution in [-0.4, -0.2) is 27.7 Å². The van der Waals surface area contributed by atoms with Gasteiger partial charge in [-0.3, -0.25) is 4.79 Å². The molecule has 0 saturated carbocycles. The van der Waals surface area contributed by atoms with Crippen LogP contribution in [0.4, 0.5) is 5.69 Å². The minimum absolute atomic E-state index is 0.107. The van der Waals surface area contributed by atoms with Crippen molar-refractivity contribution in [2.45, 2.75) is 11.8 Å². The van der Waals surface area contributed by atoms with E-state index in [0.29, 0.717) is 11.4 Å². The maximum Gasteiger partial charge on any atom is 0.221 e. The van der Waals surface area contributed by atoms with Crippen molar-refractivity contribution in [3.8, 4) is 5.75 Å². The molecule has 88 valence electrons. The molecule has 0 aliphatic heterocycles. The number of carbonyl (C=O) groups excluding carboxylic acids is 1. The van der Waals surface area contributed by atoms with E-state index < -0.39 is 9.84 Å². The Bertz CT molecular complexity index is 508. The number of anilines is 1. The van der Waals surface area contributed by atoms with Crippen LogP contribution in [0.15, 0.2) is 23.1 Å². The Kier molecular flexibility index (Phi) is 3.54. The second-order valence-corrected chi connectivity index (χ2v) is 5.37. The standard InChI is InChI=1S/C10H13NO4S/c1-7(12)11-8-4-9(15-2)6-10(5-8)16(3,13)14/h4-6H,1-3H3,(H,11,12). The van der Waals surface area contributed by atoms with Gasteiger partial charge in [0.25, 0.3) is 0 Å². The van der Waals surface area contributed by atoms with Crippen LogP contribution in [0, 0.1) is 0 Å². The number of carbonyl (C=O) groups is 1. The van der Waals surface area contributed by atoms with Gasteiger partial charge in [0.1, 0.15) is 5.75 Å². The van der Waals surface area contributed by atoms with Gasteiger partial charge >= 0.3 is 0 Å². The second-order valence-electron chi connectivity index (χ2n) is 3.35. The molecule has 0 unspecified atom stereocenters. The lowest BCUT2D eigenvalue weighted by atomic mass is 10.3. The molecule has 0 radical (unpaired) electrons. The van der Waals surface area contributed by atoms with Gasteiger partial charge in [-0.05, 0) is 12.1 Å². The second kappa shape index (κ2) is 4.52. The van der Waals surface area contributed by atoms with Crippen molar-refractivity contribution in [1.29, 1.82) is 0 Å². The lowest BCUT2D eigenvalue weighted by Gasteiger charge is -2.08. The minimum atomic E-state index is -3.33. The first kappa shape index (κ1) is 12.5.